The summed E-state index contributed by atoms with van der Waals surface area (Å²) >= 11 is 1.38. The zero-order chi connectivity index (χ0) is 17.8. The summed E-state index contributed by atoms with van der Waals surface area (Å²) < 4.78 is 28.1. The molecule has 0 atom stereocenters. The van der Waals surface area contributed by atoms with Gasteiger partial charge in [0.15, 0.2) is 11.0 Å². The Morgan fingerprint density at radius 2 is 1.88 bits per heavy atom. The van der Waals surface area contributed by atoms with Crippen molar-refractivity contribution in [1.29, 1.82) is 0 Å². The van der Waals surface area contributed by atoms with Gasteiger partial charge in [-0.25, -0.2) is 8.78 Å². The van der Waals surface area contributed by atoms with Crippen LogP contribution in [0.4, 0.5) is 8.78 Å². The zero-order valence-electron chi connectivity index (χ0n) is 13.2. The number of thioether (sulfide) groups is 1. The van der Waals surface area contributed by atoms with Crippen molar-refractivity contribution in [1.82, 2.24) is 20.1 Å². The van der Waals surface area contributed by atoms with E-state index in [-0.39, 0.29) is 17.9 Å². The summed E-state index contributed by atoms with van der Waals surface area (Å²) in [4.78, 5) is 12.1. The molecule has 2 aromatic carbocycles. The van der Waals surface area contributed by atoms with Crippen LogP contribution in [-0.2, 0) is 6.54 Å². The molecule has 1 N–H and O–H groups in total. The first kappa shape index (κ1) is 17.1. The van der Waals surface area contributed by atoms with E-state index >= 15 is 0 Å². The molecule has 1 amide bonds. The molecule has 0 aliphatic heterocycles. The second-order valence-electron chi connectivity index (χ2n) is 5.11. The number of hydrogen-bond donors (Lipinski definition) is 1. The molecule has 0 radical (unpaired) electrons. The molecular weight excluding hydrogens is 346 g/mol. The Hall–Kier alpha value is -2.74. The van der Waals surface area contributed by atoms with Crippen LogP contribution in [-0.4, -0.2) is 26.9 Å². The smallest absolute Gasteiger partial charge is 0.251 e. The van der Waals surface area contributed by atoms with E-state index < -0.39 is 11.7 Å². The quantitative estimate of drug-likeness (QED) is 0.710. The van der Waals surface area contributed by atoms with Crippen molar-refractivity contribution < 1.29 is 13.6 Å². The molecule has 0 saturated heterocycles. The van der Waals surface area contributed by atoms with E-state index in [1.165, 1.54) is 42.1 Å². The van der Waals surface area contributed by atoms with Gasteiger partial charge in [-0.15, -0.1) is 10.2 Å². The van der Waals surface area contributed by atoms with Crippen LogP contribution < -0.4 is 5.32 Å². The third-order valence-corrected chi connectivity index (χ3v) is 4.09. The highest BCUT2D eigenvalue weighted by atomic mass is 32.2. The van der Waals surface area contributed by atoms with E-state index in [4.69, 9.17) is 0 Å². The summed E-state index contributed by atoms with van der Waals surface area (Å²) in [6.45, 7) is 0.0975. The fraction of sp³-hybridized carbons (Fsp3) is 0.118. The Bertz CT molecular complexity index is 896. The van der Waals surface area contributed by atoms with Crippen LogP contribution in [0.25, 0.3) is 5.69 Å². The van der Waals surface area contributed by atoms with Gasteiger partial charge in [0.1, 0.15) is 11.6 Å². The van der Waals surface area contributed by atoms with Gasteiger partial charge in [0.05, 0.1) is 6.54 Å². The number of hydrogen-bond acceptors (Lipinski definition) is 4. The van der Waals surface area contributed by atoms with Crippen LogP contribution in [0.15, 0.2) is 53.7 Å². The summed E-state index contributed by atoms with van der Waals surface area (Å²) in [5, 5.41) is 11.4. The van der Waals surface area contributed by atoms with Crippen LogP contribution >= 0.6 is 11.8 Å². The molecule has 3 aromatic rings. The maximum absolute atomic E-state index is 13.2. The predicted molar refractivity (Wildman–Crippen MR) is 90.7 cm³/mol. The Morgan fingerprint density at radius 1 is 1.12 bits per heavy atom. The molecule has 1 heterocycles. The monoisotopic (exact) mass is 360 g/mol. The van der Waals surface area contributed by atoms with Crippen molar-refractivity contribution in [2.45, 2.75) is 11.7 Å². The van der Waals surface area contributed by atoms with Gasteiger partial charge < -0.3 is 5.32 Å². The minimum absolute atomic E-state index is 0.0975. The zero-order valence-corrected chi connectivity index (χ0v) is 14.1. The Kier molecular flexibility index (Phi) is 5.08. The molecule has 1 aromatic heterocycles. The summed E-state index contributed by atoms with van der Waals surface area (Å²) in [5.74, 6) is -0.755. The second kappa shape index (κ2) is 7.43. The van der Waals surface area contributed by atoms with E-state index in [2.05, 4.69) is 15.5 Å². The van der Waals surface area contributed by atoms with E-state index in [1.54, 1.807) is 16.7 Å². The molecule has 0 saturated carbocycles. The van der Waals surface area contributed by atoms with E-state index in [0.29, 0.717) is 16.7 Å². The van der Waals surface area contributed by atoms with Crippen molar-refractivity contribution in [2.75, 3.05) is 6.26 Å². The SMILES string of the molecule is CSc1nnc(CNC(=O)c2cccc(F)c2)n1-c1ccc(F)cc1. The van der Waals surface area contributed by atoms with Crippen LogP contribution in [0.3, 0.4) is 0 Å². The van der Waals surface area contributed by atoms with Crippen LogP contribution in [0.1, 0.15) is 16.2 Å². The van der Waals surface area contributed by atoms with Crippen molar-refractivity contribution in [3.63, 3.8) is 0 Å². The molecule has 8 heteroatoms. The average Bonchev–Trinajstić information content (AvgIpc) is 3.03. The Labute approximate surface area is 147 Å². The lowest BCUT2D eigenvalue weighted by molar-refractivity contribution is 0.0949. The molecule has 25 heavy (non-hydrogen) atoms. The number of halogens is 2. The topological polar surface area (TPSA) is 59.8 Å². The maximum atomic E-state index is 13.2. The largest absolute Gasteiger partial charge is 0.345 e. The van der Waals surface area contributed by atoms with Gasteiger partial charge in [0, 0.05) is 11.3 Å². The van der Waals surface area contributed by atoms with Crippen molar-refractivity contribution in [2.24, 2.45) is 0 Å². The Balaban J connectivity index is 1.82. The highest BCUT2D eigenvalue weighted by Crippen LogP contribution is 2.20. The molecule has 0 unspecified atom stereocenters. The van der Waals surface area contributed by atoms with Crippen LogP contribution in [0.5, 0.6) is 0 Å². The first-order valence-electron chi connectivity index (χ1n) is 7.36. The average molecular weight is 360 g/mol. The second-order valence-corrected chi connectivity index (χ2v) is 5.88. The van der Waals surface area contributed by atoms with Gasteiger partial charge in [0.25, 0.3) is 5.91 Å². The molecule has 0 bridgehead atoms. The molecule has 0 fully saturated rings. The van der Waals surface area contributed by atoms with Crippen molar-refractivity contribution in [3.05, 3.63) is 71.6 Å². The van der Waals surface area contributed by atoms with Crippen LogP contribution in [0.2, 0.25) is 0 Å². The highest BCUT2D eigenvalue weighted by Gasteiger charge is 2.15. The van der Waals surface area contributed by atoms with Gasteiger partial charge >= 0.3 is 0 Å². The van der Waals surface area contributed by atoms with E-state index in [9.17, 15) is 13.6 Å². The van der Waals surface area contributed by atoms with Crippen molar-refractivity contribution in [3.8, 4) is 5.69 Å². The molecular formula is C17H14F2N4OS. The molecule has 0 aliphatic rings. The fourth-order valence-corrected chi connectivity index (χ4v) is 2.80. The minimum Gasteiger partial charge on any atom is -0.345 e. The Morgan fingerprint density at radius 3 is 2.56 bits per heavy atom. The summed E-state index contributed by atoms with van der Waals surface area (Å²) in [6, 6.07) is 11.3. The number of carbonyl (C=O) groups excluding carboxylic acids is 1. The number of amides is 1. The predicted octanol–water partition coefficient (Wildman–Crippen LogP) is 3.20. The van der Waals surface area contributed by atoms with Gasteiger partial charge in [0.2, 0.25) is 0 Å². The molecule has 0 aliphatic carbocycles. The number of carbonyl (C=O) groups is 1. The standard InChI is InChI=1S/C17H14F2N4OS/c1-25-17-22-21-15(23(17)14-7-5-12(18)6-8-14)10-20-16(24)11-3-2-4-13(19)9-11/h2-9H,10H2,1H3,(H,20,24). The molecule has 5 nitrogen and oxygen atoms in total. The lowest BCUT2D eigenvalue weighted by atomic mass is 10.2. The first-order chi connectivity index (χ1) is 12.1. The maximum Gasteiger partial charge on any atom is 0.251 e. The summed E-state index contributed by atoms with van der Waals surface area (Å²) in [7, 11) is 0. The van der Waals surface area contributed by atoms with Gasteiger partial charge in [-0.2, -0.15) is 0 Å². The number of benzene rings is 2. The lowest BCUT2D eigenvalue weighted by Crippen LogP contribution is -2.24. The summed E-state index contributed by atoms with van der Waals surface area (Å²) in [6.07, 6.45) is 1.85. The third kappa shape index (κ3) is 3.85. The first-order valence-corrected chi connectivity index (χ1v) is 8.59. The van der Waals surface area contributed by atoms with E-state index in [0.717, 1.165) is 6.07 Å². The van der Waals surface area contributed by atoms with Crippen molar-refractivity contribution >= 4 is 17.7 Å². The van der Waals surface area contributed by atoms with Gasteiger partial charge in [-0.1, -0.05) is 17.8 Å². The number of nitrogens with zero attached hydrogens (tertiary/aromatic N) is 3. The minimum atomic E-state index is -0.480. The number of aromatic nitrogens is 3. The van der Waals surface area contributed by atoms with Gasteiger partial charge in [-0.05, 0) is 48.7 Å². The summed E-state index contributed by atoms with van der Waals surface area (Å²) in [5.41, 5.74) is 0.906. The molecule has 0 spiro atoms. The van der Waals surface area contributed by atoms with Crippen LogP contribution in [0, 0.1) is 11.6 Å². The number of nitrogens with one attached hydrogen (secondary N) is 1. The lowest BCUT2D eigenvalue weighted by Gasteiger charge is -2.10. The fourth-order valence-electron chi connectivity index (χ4n) is 2.29. The molecule has 128 valence electrons. The highest BCUT2D eigenvalue weighted by molar-refractivity contribution is 7.98. The normalized spacial score (nSPS) is 10.7. The van der Waals surface area contributed by atoms with E-state index in [1.807, 2.05) is 6.26 Å². The molecule has 3 rings (SSSR count). The number of rotatable bonds is 5. The third-order valence-electron chi connectivity index (χ3n) is 3.46. The van der Waals surface area contributed by atoms with Gasteiger partial charge in [-0.3, -0.25) is 9.36 Å².